The highest BCUT2D eigenvalue weighted by Gasteiger charge is 2.12. The van der Waals surface area contributed by atoms with Gasteiger partial charge in [-0.15, -0.1) is 0 Å². The number of benzene rings is 1. The van der Waals surface area contributed by atoms with Gasteiger partial charge >= 0.3 is 10.4 Å². The number of rotatable bonds is 8. The van der Waals surface area contributed by atoms with Crippen molar-refractivity contribution in [2.45, 2.75) is 39.7 Å². The molecule has 2 aromatic rings. The molecule has 1 aromatic carbocycles. The van der Waals surface area contributed by atoms with Crippen LogP contribution in [0.3, 0.4) is 0 Å². The molecule has 0 spiro atoms. The lowest BCUT2D eigenvalue weighted by atomic mass is 10.1. The van der Waals surface area contributed by atoms with Gasteiger partial charge < -0.3 is 15.3 Å². The Bertz CT molecular complexity index is 852. The lowest BCUT2D eigenvalue weighted by Gasteiger charge is -2.21. The van der Waals surface area contributed by atoms with Crippen LogP contribution in [0, 0.1) is 0 Å². The van der Waals surface area contributed by atoms with E-state index in [4.69, 9.17) is 29.1 Å². The first-order chi connectivity index (χ1) is 13.0. The van der Waals surface area contributed by atoms with Gasteiger partial charge in [0, 0.05) is 16.5 Å². The predicted octanol–water partition coefficient (Wildman–Crippen LogP) is 3.86. The third-order valence-corrected chi connectivity index (χ3v) is 4.44. The molecule has 10 heteroatoms. The van der Waals surface area contributed by atoms with E-state index in [0.29, 0.717) is 5.02 Å². The number of nitrogens with zero attached hydrogens (tertiary/aromatic N) is 2. The highest BCUT2D eigenvalue weighted by Crippen LogP contribution is 2.32. The quantitative estimate of drug-likeness (QED) is 0.462. The van der Waals surface area contributed by atoms with Gasteiger partial charge in [0.2, 0.25) is 0 Å². The van der Waals surface area contributed by atoms with Crippen molar-refractivity contribution in [3.05, 3.63) is 29.4 Å². The summed E-state index contributed by atoms with van der Waals surface area (Å²) in [5.74, 6) is 0.176. The lowest BCUT2D eigenvalue weighted by Crippen LogP contribution is -2.25. The molecular formula is C18H28ClN3O5S. The number of nitrogens with one attached hydrogen (secondary N) is 1. The fourth-order valence-electron chi connectivity index (χ4n) is 2.79. The second kappa shape index (κ2) is 11.4. The van der Waals surface area contributed by atoms with Crippen molar-refractivity contribution in [3.63, 3.8) is 0 Å². The molecule has 28 heavy (non-hydrogen) atoms. The first-order valence-corrected chi connectivity index (χ1v) is 10.8. The Kier molecular flexibility index (Phi) is 9.91. The Morgan fingerprint density at radius 2 is 1.86 bits per heavy atom. The zero-order valence-corrected chi connectivity index (χ0v) is 17.8. The maximum absolute atomic E-state index is 10.2. The molecule has 0 bridgehead atoms. The first-order valence-electron chi connectivity index (χ1n) is 9.01. The number of hydrogen-bond donors (Lipinski definition) is 4. The smallest absolute Gasteiger partial charge is 0.394 e. The SMILES string of the molecule is CCN(CC)CCCC(C)Nc1c(O)cnc2cc(Cl)ccc12.O=S(=O)(O)O. The molecule has 1 atom stereocenters. The Morgan fingerprint density at radius 3 is 2.43 bits per heavy atom. The largest absolute Gasteiger partial charge is 0.504 e. The molecule has 0 fully saturated rings. The van der Waals surface area contributed by atoms with Crippen molar-refractivity contribution >= 4 is 38.6 Å². The summed E-state index contributed by atoms with van der Waals surface area (Å²) in [6.07, 6.45) is 3.66. The average Bonchev–Trinajstić information content (AvgIpc) is 2.60. The minimum atomic E-state index is -4.67. The number of pyridine rings is 1. The van der Waals surface area contributed by atoms with Crippen molar-refractivity contribution in [1.29, 1.82) is 0 Å². The van der Waals surface area contributed by atoms with E-state index in [9.17, 15) is 5.11 Å². The van der Waals surface area contributed by atoms with Gasteiger partial charge in [0.05, 0.1) is 17.4 Å². The zero-order valence-electron chi connectivity index (χ0n) is 16.3. The van der Waals surface area contributed by atoms with Crippen molar-refractivity contribution in [2.24, 2.45) is 0 Å². The Balaban J connectivity index is 0.000000696. The van der Waals surface area contributed by atoms with E-state index in [2.05, 4.69) is 36.0 Å². The normalized spacial score (nSPS) is 12.5. The molecule has 1 heterocycles. The fraction of sp³-hybridized carbons (Fsp3) is 0.500. The van der Waals surface area contributed by atoms with Crippen LogP contribution >= 0.6 is 11.6 Å². The van der Waals surface area contributed by atoms with Gasteiger partial charge in [-0.2, -0.15) is 8.42 Å². The molecule has 8 nitrogen and oxygen atoms in total. The van der Waals surface area contributed by atoms with Gasteiger partial charge in [-0.1, -0.05) is 25.4 Å². The van der Waals surface area contributed by atoms with E-state index in [0.717, 1.165) is 49.1 Å². The van der Waals surface area contributed by atoms with E-state index >= 15 is 0 Å². The van der Waals surface area contributed by atoms with Crippen LogP contribution in [0.5, 0.6) is 5.75 Å². The second-order valence-electron chi connectivity index (χ2n) is 6.34. The van der Waals surface area contributed by atoms with E-state index in [1.807, 2.05) is 18.2 Å². The molecular weight excluding hydrogens is 406 g/mol. The van der Waals surface area contributed by atoms with Crippen molar-refractivity contribution < 1.29 is 22.6 Å². The Morgan fingerprint density at radius 1 is 1.25 bits per heavy atom. The summed E-state index contributed by atoms with van der Waals surface area (Å²) in [5, 5.41) is 15.1. The summed E-state index contributed by atoms with van der Waals surface area (Å²) in [6, 6.07) is 5.81. The highest BCUT2D eigenvalue weighted by atomic mass is 35.5. The van der Waals surface area contributed by atoms with Gasteiger partial charge in [0.1, 0.15) is 0 Å². The van der Waals surface area contributed by atoms with E-state index in [-0.39, 0.29) is 11.8 Å². The minimum absolute atomic E-state index is 0.176. The van der Waals surface area contributed by atoms with E-state index in [1.165, 1.54) is 6.20 Å². The number of anilines is 1. The Labute approximate surface area is 171 Å². The molecule has 0 saturated heterocycles. The van der Waals surface area contributed by atoms with E-state index in [1.54, 1.807) is 0 Å². The van der Waals surface area contributed by atoms with Crippen LogP contribution in [0.15, 0.2) is 24.4 Å². The molecule has 0 amide bonds. The van der Waals surface area contributed by atoms with Crippen molar-refractivity contribution in [3.8, 4) is 5.75 Å². The van der Waals surface area contributed by atoms with Gasteiger partial charge in [-0.05, 0) is 57.6 Å². The fourth-order valence-corrected chi connectivity index (χ4v) is 2.95. The molecule has 0 saturated carbocycles. The van der Waals surface area contributed by atoms with Crippen LogP contribution in [0.1, 0.15) is 33.6 Å². The molecule has 0 radical (unpaired) electrons. The zero-order chi connectivity index (χ0) is 21.3. The van der Waals surface area contributed by atoms with Crippen molar-refractivity contribution in [2.75, 3.05) is 25.0 Å². The summed E-state index contributed by atoms with van der Waals surface area (Å²) in [7, 11) is -4.67. The summed E-state index contributed by atoms with van der Waals surface area (Å²) >= 11 is 6.01. The number of aromatic nitrogens is 1. The van der Waals surface area contributed by atoms with Gasteiger partial charge in [0.15, 0.2) is 5.75 Å². The molecule has 1 unspecified atom stereocenters. The molecule has 1 aromatic heterocycles. The molecule has 0 aliphatic rings. The summed E-state index contributed by atoms with van der Waals surface area (Å²) in [5.41, 5.74) is 1.52. The van der Waals surface area contributed by atoms with Crippen LogP contribution in [-0.4, -0.2) is 58.2 Å². The number of hydrogen-bond acceptors (Lipinski definition) is 6. The van der Waals surface area contributed by atoms with Gasteiger partial charge in [-0.3, -0.25) is 14.1 Å². The maximum atomic E-state index is 10.2. The van der Waals surface area contributed by atoms with Gasteiger partial charge in [0.25, 0.3) is 0 Å². The van der Waals surface area contributed by atoms with Crippen molar-refractivity contribution in [1.82, 2.24) is 9.88 Å². The highest BCUT2D eigenvalue weighted by molar-refractivity contribution is 7.79. The molecule has 0 aliphatic heterocycles. The summed E-state index contributed by atoms with van der Waals surface area (Å²) < 4.78 is 31.6. The van der Waals surface area contributed by atoms with Crippen LogP contribution < -0.4 is 5.32 Å². The number of aromatic hydroxyl groups is 1. The predicted molar refractivity (Wildman–Crippen MR) is 113 cm³/mol. The third kappa shape index (κ3) is 9.03. The second-order valence-corrected chi connectivity index (χ2v) is 7.67. The summed E-state index contributed by atoms with van der Waals surface area (Å²) in [6.45, 7) is 9.82. The van der Waals surface area contributed by atoms with Crippen LogP contribution in [-0.2, 0) is 10.4 Å². The standard InChI is InChI=1S/C18H26ClN3O.H2O4S/c1-4-22(5-2)10-6-7-13(3)21-18-15-9-8-14(19)11-16(15)20-12-17(18)23;1-5(2,3)4/h8-9,11-13,23H,4-7,10H2,1-3H3,(H,20,21);(H2,1,2,3,4). The number of halogens is 1. The van der Waals surface area contributed by atoms with Crippen LogP contribution in [0.2, 0.25) is 5.02 Å². The average molecular weight is 434 g/mol. The van der Waals surface area contributed by atoms with E-state index < -0.39 is 10.4 Å². The lowest BCUT2D eigenvalue weighted by molar-refractivity contribution is 0.295. The Hall–Kier alpha value is -1.65. The third-order valence-electron chi connectivity index (χ3n) is 4.21. The van der Waals surface area contributed by atoms with Crippen LogP contribution in [0.25, 0.3) is 10.9 Å². The maximum Gasteiger partial charge on any atom is 0.394 e. The van der Waals surface area contributed by atoms with Gasteiger partial charge in [-0.25, -0.2) is 0 Å². The molecule has 158 valence electrons. The first kappa shape index (κ1) is 24.4. The molecule has 2 rings (SSSR count). The summed E-state index contributed by atoms with van der Waals surface area (Å²) in [4.78, 5) is 6.66. The minimum Gasteiger partial charge on any atom is -0.504 e. The topological polar surface area (TPSA) is 123 Å². The molecule has 4 N–H and O–H groups in total. The monoisotopic (exact) mass is 433 g/mol. The van der Waals surface area contributed by atoms with Crippen LogP contribution in [0.4, 0.5) is 5.69 Å². The number of fused-ring (bicyclic) bond motifs is 1. The molecule has 0 aliphatic carbocycles.